The molecule has 0 aliphatic heterocycles. The summed E-state index contributed by atoms with van der Waals surface area (Å²) < 4.78 is 1.01. The lowest BCUT2D eigenvalue weighted by molar-refractivity contribution is -0.903. The Hall–Kier alpha value is -2.84. The van der Waals surface area contributed by atoms with Crippen molar-refractivity contribution in [1.29, 1.82) is 0 Å². The van der Waals surface area contributed by atoms with Crippen LogP contribution < -0.4 is 0 Å². The van der Waals surface area contributed by atoms with Crippen LogP contribution in [0.1, 0.15) is 57.3 Å². The van der Waals surface area contributed by atoms with Gasteiger partial charge in [-0.05, 0) is 58.6 Å². The minimum atomic E-state index is 0.899. The molecule has 0 spiro atoms. The molecule has 0 bridgehead atoms. The maximum atomic E-state index is 4.52. The molecule has 0 aliphatic carbocycles. The molecule has 0 amide bonds. The Morgan fingerprint density at radius 2 is 1.20 bits per heavy atom. The molecule has 0 N–H and O–H groups in total. The predicted molar refractivity (Wildman–Crippen MR) is 152 cm³/mol. The Morgan fingerprint density at radius 1 is 0.686 bits per heavy atom. The zero-order valence-corrected chi connectivity index (χ0v) is 23.1. The number of aryl methyl sites for hydroxylation is 5. The first-order chi connectivity index (χ1) is 16.5. The number of benzene rings is 3. The van der Waals surface area contributed by atoms with Crippen LogP contribution in [0.3, 0.4) is 0 Å². The van der Waals surface area contributed by atoms with Crippen molar-refractivity contribution in [3.63, 3.8) is 0 Å². The topological polar surface area (TPSA) is 3.24 Å². The van der Waals surface area contributed by atoms with Gasteiger partial charge in [-0.25, -0.2) is 0 Å². The van der Waals surface area contributed by atoms with Crippen LogP contribution >= 0.6 is 0 Å². The molecule has 186 valence electrons. The average molecular weight is 470 g/mol. The van der Waals surface area contributed by atoms with Crippen molar-refractivity contribution in [2.45, 2.75) is 60.5 Å². The Bertz CT molecular complexity index is 1100. The molecule has 0 heterocycles. The molecular formula is C33H45N2+. The largest absolute Gasteiger partial charge is 0.367 e. The number of hydrogen-bond acceptors (Lipinski definition) is 1. The first kappa shape index (κ1) is 26.8. The third kappa shape index (κ3) is 8.40. The SMILES string of the molecule is C=C(c1ccc(C)cc1)N(CCCC[N+](C)(C)Cc1cc(C)cc(C)c1)Cc1cc(C)cc(C)c1. The van der Waals surface area contributed by atoms with Gasteiger partial charge in [-0.2, -0.15) is 0 Å². The van der Waals surface area contributed by atoms with Gasteiger partial charge in [0.05, 0.1) is 20.6 Å². The fraction of sp³-hybridized carbons (Fsp3) is 0.394. The van der Waals surface area contributed by atoms with Gasteiger partial charge in [-0.1, -0.05) is 95.1 Å². The van der Waals surface area contributed by atoms with Crippen molar-refractivity contribution in [1.82, 2.24) is 4.90 Å². The van der Waals surface area contributed by atoms with Crippen LogP contribution in [0, 0.1) is 34.6 Å². The Kier molecular flexibility index (Phi) is 8.97. The van der Waals surface area contributed by atoms with Crippen LogP contribution in [0.2, 0.25) is 0 Å². The first-order valence-electron chi connectivity index (χ1n) is 13.0. The van der Waals surface area contributed by atoms with Crippen LogP contribution in [0.25, 0.3) is 5.70 Å². The van der Waals surface area contributed by atoms with Gasteiger partial charge in [-0.15, -0.1) is 0 Å². The normalized spacial score (nSPS) is 11.5. The maximum Gasteiger partial charge on any atom is 0.104 e. The van der Waals surface area contributed by atoms with E-state index in [0.29, 0.717) is 0 Å². The summed E-state index contributed by atoms with van der Waals surface area (Å²) in [5.74, 6) is 0. The standard InChI is InChI=1S/C33H45N2/c1-25-11-13-33(14-12-25)30(6)34(23-31-19-26(2)17-27(3)20-31)15-9-10-16-35(7,8)24-32-21-28(4)18-29(5)22-32/h11-14,17-22H,6,9-10,15-16,23-24H2,1-5,7-8H3/q+1. The molecular weight excluding hydrogens is 424 g/mol. The van der Waals surface area contributed by atoms with Crippen molar-refractivity contribution in [3.8, 4) is 0 Å². The first-order valence-corrected chi connectivity index (χ1v) is 13.0. The van der Waals surface area contributed by atoms with Crippen LogP contribution in [0.5, 0.6) is 0 Å². The molecule has 0 atom stereocenters. The number of quaternary nitrogens is 1. The maximum absolute atomic E-state index is 4.52. The fourth-order valence-corrected chi connectivity index (χ4v) is 5.19. The zero-order chi connectivity index (χ0) is 25.6. The average Bonchev–Trinajstić information content (AvgIpc) is 2.74. The summed E-state index contributed by atoms with van der Waals surface area (Å²) in [5.41, 5.74) is 11.8. The monoisotopic (exact) mass is 469 g/mol. The zero-order valence-electron chi connectivity index (χ0n) is 23.1. The molecule has 0 unspecified atom stereocenters. The highest BCUT2D eigenvalue weighted by atomic mass is 15.3. The summed E-state index contributed by atoms with van der Waals surface area (Å²) in [4.78, 5) is 2.47. The van der Waals surface area contributed by atoms with Gasteiger partial charge >= 0.3 is 0 Å². The number of unbranched alkanes of at least 4 members (excludes halogenated alkanes) is 1. The lowest BCUT2D eigenvalue weighted by atomic mass is 10.0. The van der Waals surface area contributed by atoms with E-state index in [0.717, 1.165) is 36.2 Å². The second-order valence-corrected chi connectivity index (χ2v) is 11.3. The molecule has 35 heavy (non-hydrogen) atoms. The van der Waals surface area contributed by atoms with Crippen LogP contribution in [0.4, 0.5) is 0 Å². The van der Waals surface area contributed by atoms with Crippen LogP contribution in [-0.4, -0.2) is 36.6 Å². The molecule has 0 saturated carbocycles. The van der Waals surface area contributed by atoms with Crippen molar-refractivity contribution < 1.29 is 4.48 Å². The van der Waals surface area contributed by atoms with Gasteiger partial charge in [0.2, 0.25) is 0 Å². The second kappa shape index (κ2) is 11.7. The van der Waals surface area contributed by atoms with Crippen molar-refractivity contribution in [3.05, 3.63) is 112 Å². The van der Waals surface area contributed by atoms with Crippen LogP contribution in [-0.2, 0) is 13.1 Å². The predicted octanol–water partition coefficient (Wildman–Crippen LogP) is 7.76. The van der Waals surface area contributed by atoms with Gasteiger partial charge in [0.25, 0.3) is 0 Å². The highest BCUT2D eigenvalue weighted by Crippen LogP contribution is 2.23. The Morgan fingerprint density at radius 3 is 1.74 bits per heavy atom. The molecule has 2 nitrogen and oxygen atoms in total. The van der Waals surface area contributed by atoms with E-state index in [9.17, 15) is 0 Å². The molecule has 0 aromatic heterocycles. The molecule has 3 aromatic rings. The van der Waals surface area contributed by atoms with Gasteiger partial charge in [0.15, 0.2) is 0 Å². The van der Waals surface area contributed by atoms with Gasteiger partial charge in [0.1, 0.15) is 6.54 Å². The van der Waals surface area contributed by atoms with E-state index >= 15 is 0 Å². The second-order valence-electron chi connectivity index (χ2n) is 11.3. The Balaban J connectivity index is 1.65. The summed E-state index contributed by atoms with van der Waals surface area (Å²) in [6, 6.07) is 22.6. The highest BCUT2D eigenvalue weighted by Gasteiger charge is 2.17. The van der Waals surface area contributed by atoms with E-state index in [-0.39, 0.29) is 0 Å². The molecule has 3 rings (SSSR count). The smallest absolute Gasteiger partial charge is 0.104 e. The summed E-state index contributed by atoms with van der Waals surface area (Å²) >= 11 is 0. The van der Waals surface area contributed by atoms with E-state index in [4.69, 9.17) is 0 Å². The van der Waals surface area contributed by atoms with Crippen LogP contribution in [0.15, 0.2) is 67.2 Å². The molecule has 0 fully saturated rings. The third-order valence-electron chi connectivity index (χ3n) is 6.75. The minimum Gasteiger partial charge on any atom is -0.367 e. The summed E-state index contributed by atoms with van der Waals surface area (Å²) in [7, 11) is 4.71. The number of hydrogen-bond donors (Lipinski definition) is 0. The highest BCUT2D eigenvalue weighted by molar-refractivity contribution is 5.62. The lowest BCUT2D eigenvalue weighted by Gasteiger charge is -2.31. The summed E-state index contributed by atoms with van der Waals surface area (Å²) in [5, 5.41) is 0. The molecule has 0 saturated heterocycles. The molecule has 0 radical (unpaired) electrons. The van der Waals surface area contributed by atoms with E-state index in [1.165, 1.54) is 57.5 Å². The van der Waals surface area contributed by atoms with E-state index in [1.807, 2.05) is 0 Å². The number of nitrogens with zero attached hydrogens (tertiary/aromatic N) is 2. The van der Waals surface area contributed by atoms with Crippen molar-refractivity contribution >= 4 is 5.70 Å². The van der Waals surface area contributed by atoms with E-state index < -0.39 is 0 Å². The van der Waals surface area contributed by atoms with Crippen molar-refractivity contribution in [2.24, 2.45) is 0 Å². The van der Waals surface area contributed by atoms with E-state index in [1.54, 1.807) is 0 Å². The lowest BCUT2D eigenvalue weighted by Crippen LogP contribution is -2.39. The van der Waals surface area contributed by atoms with Crippen molar-refractivity contribution in [2.75, 3.05) is 27.2 Å². The van der Waals surface area contributed by atoms with Gasteiger partial charge in [-0.3, -0.25) is 0 Å². The molecule has 0 aliphatic rings. The van der Waals surface area contributed by atoms with E-state index in [2.05, 4.69) is 121 Å². The van der Waals surface area contributed by atoms with Gasteiger partial charge < -0.3 is 9.38 Å². The molecule has 2 heteroatoms. The fourth-order valence-electron chi connectivity index (χ4n) is 5.19. The summed E-state index contributed by atoms with van der Waals surface area (Å²) in [6.45, 7) is 19.6. The Labute approximate surface area is 214 Å². The molecule has 3 aromatic carbocycles. The van der Waals surface area contributed by atoms with Gasteiger partial charge in [0, 0.05) is 24.4 Å². The quantitative estimate of drug-likeness (QED) is 0.205. The minimum absolute atomic E-state index is 0.899. The number of rotatable bonds is 11. The third-order valence-corrected chi connectivity index (χ3v) is 6.75. The summed E-state index contributed by atoms with van der Waals surface area (Å²) in [6.07, 6.45) is 2.35.